The van der Waals surface area contributed by atoms with Crippen LogP contribution in [0.5, 0.6) is 0 Å². The fourth-order valence-corrected chi connectivity index (χ4v) is 3.82. The number of hydrogen-bond acceptors (Lipinski definition) is 3. The molecule has 0 heterocycles. The Balaban J connectivity index is 1.94. The topological polar surface area (TPSA) is 69.6 Å². The van der Waals surface area contributed by atoms with Crippen LogP contribution in [0.25, 0.3) is 0 Å². The average molecular weight is 312 g/mol. The normalized spacial score (nSPS) is 18.2. The lowest BCUT2D eigenvalue weighted by Gasteiger charge is -2.28. The van der Waals surface area contributed by atoms with Crippen molar-refractivity contribution in [1.29, 1.82) is 0 Å². The zero-order valence-corrected chi connectivity index (χ0v) is 13.3. The monoisotopic (exact) mass is 312 g/mol. The molecule has 0 saturated heterocycles. The standard InChI is InChI=1S/C15H24N2O3S/c1-17(11-14-7-3-2-4-8-14)21(19,20)16-12-15(13-18)9-5-6-10-15/h2-4,7-8,16,18H,5-6,9-13H2,1H3. The second kappa shape index (κ2) is 6.87. The lowest BCUT2D eigenvalue weighted by Crippen LogP contribution is -2.44. The zero-order valence-electron chi connectivity index (χ0n) is 12.5. The summed E-state index contributed by atoms with van der Waals surface area (Å²) >= 11 is 0. The maximum atomic E-state index is 12.3. The second-order valence-corrected chi connectivity index (χ2v) is 7.80. The molecule has 2 rings (SSSR count). The third kappa shape index (κ3) is 4.26. The summed E-state index contributed by atoms with van der Waals surface area (Å²) in [6.07, 6.45) is 3.88. The summed E-state index contributed by atoms with van der Waals surface area (Å²) in [4.78, 5) is 0. The number of rotatable bonds is 7. The molecule has 1 saturated carbocycles. The predicted molar refractivity (Wildman–Crippen MR) is 82.8 cm³/mol. The zero-order chi connectivity index (χ0) is 15.3. The van der Waals surface area contributed by atoms with Crippen molar-refractivity contribution in [3.63, 3.8) is 0 Å². The SMILES string of the molecule is CN(Cc1ccccc1)S(=O)(=O)NCC1(CO)CCCC1. The van der Waals surface area contributed by atoms with Gasteiger partial charge in [0.2, 0.25) is 0 Å². The van der Waals surface area contributed by atoms with Crippen molar-refractivity contribution in [2.45, 2.75) is 32.2 Å². The van der Waals surface area contributed by atoms with Crippen molar-refractivity contribution < 1.29 is 13.5 Å². The summed E-state index contributed by atoms with van der Waals surface area (Å²) in [5.74, 6) is 0. The Hall–Kier alpha value is -0.950. The van der Waals surface area contributed by atoms with Crippen LogP contribution in [0.4, 0.5) is 0 Å². The molecular weight excluding hydrogens is 288 g/mol. The Kier molecular flexibility index (Phi) is 5.37. The van der Waals surface area contributed by atoms with Crippen LogP contribution in [-0.2, 0) is 16.8 Å². The van der Waals surface area contributed by atoms with Gasteiger partial charge in [-0.15, -0.1) is 0 Å². The van der Waals surface area contributed by atoms with Crippen molar-refractivity contribution in [2.75, 3.05) is 20.2 Å². The van der Waals surface area contributed by atoms with E-state index in [0.29, 0.717) is 13.1 Å². The van der Waals surface area contributed by atoms with Gasteiger partial charge in [-0.1, -0.05) is 43.2 Å². The van der Waals surface area contributed by atoms with Crippen LogP contribution in [0.2, 0.25) is 0 Å². The first-order valence-corrected chi connectivity index (χ1v) is 8.77. The van der Waals surface area contributed by atoms with Gasteiger partial charge in [-0.2, -0.15) is 12.7 Å². The lowest BCUT2D eigenvalue weighted by molar-refractivity contribution is 0.134. The highest BCUT2D eigenvalue weighted by atomic mass is 32.2. The quantitative estimate of drug-likeness (QED) is 0.802. The molecule has 0 aliphatic heterocycles. The molecule has 0 spiro atoms. The third-order valence-electron chi connectivity index (χ3n) is 4.29. The Labute approximate surface area is 127 Å². The molecule has 0 atom stereocenters. The Bertz CT molecular complexity index is 539. The molecule has 1 aliphatic carbocycles. The largest absolute Gasteiger partial charge is 0.396 e. The summed E-state index contributed by atoms with van der Waals surface area (Å²) in [6.45, 7) is 0.686. The van der Waals surface area contributed by atoms with Gasteiger partial charge in [-0.05, 0) is 18.4 Å². The molecule has 5 nitrogen and oxygen atoms in total. The van der Waals surface area contributed by atoms with Crippen molar-refractivity contribution in [1.82, 2.24) is 9.03 Å². The number of hydrogen-bond donors (Lipinski definition) is 2. The van der Waals surface area contributed by atoms with E-state index in [1.807, 2.05) is 30.3 Å². The van der Waals surface area contributed by atoms with Gasteiger partial charge in [0.25, 0.3) is 10.2 Å². The molecule has 1 aromatic carbocycles. The summed E-state index contributed by atoms with van der Waals surface area (Å²) < 4.78 is 28.5. The molecule has 21 heavy (non-hydrogen) atoms. The molecule has 6 heteroatoms. The number of aliphatic hydroxyl groups excluding tert-OH is 1. The lowest BCUT2D eigenvalue weighted by atomic mass is 9.88. The summed E-state index contributed by atoms with van der Waals surface area (Å²) in [6, 6.07) is 9.49. The number of aliphatic hydroxyl groups is 1. The van der Waals surface area contributed by atoms with Gasteiger partial charge >= 0.3 is 0 Å². The molecule has 0 amide bonds. The molecule has 0 bridgehead atoms. The van der Waals surface area contributed by atoms with Crippen LogP contribution in [0.3, 0.4) is 0 Å². The maximum Gasteiger partial charge on any atom is 0.279 e. The van der Waals surface area contributed by atoms with E-state index in [9.17, 15) is 13.5 Å². The van der Waals surface area contributed by atoms with E-state index in [0.717, 1.165) is 31.2 Å². The minimum atomic E-state index is -3.52. The predicted octanol–water partition coefficient (Wildman–Crippen LogP) is 1.51. The third-order valence-corrected chi connectivity index (χ3v) is 5.75. The Morgan fingerprint density at radius 1 is 1.24 bits per heavy atom. The molecule has 0 radical (unpaired) electrons. The minimum Gasteiger partial charge on any atom is -0.396 e. The van der Waals surface area contributed by atoms with E-state index in [2.05, 4.69) is 4.72 Å². The van der Waals surface area contributed by atoms with Gasteiger partial charge in [0.05, 0.1) is 0 Å². The van der Waals surface area contributed by atoms with Crippen molar-refractivity contribution >= 4 is 10.2 Å². The molecule has 0 aromatic heterocycles. The molecule has 1 fully saturated rings. The molecule has 2 N–H and O–H groups in total. The van der Waals surface area contributed by atoms with Crippen molar-refractivity contribution in [3.05, 3.63) is 35.9 Å². The summed E-state index contributed by atoms with van der Waals surface area (Å²) in [5, 5.41) is 9.54. The van der Waals surface area contributed by atoms with E-state index < -0.39 is 10.2 Å². The Morgan fingerprint density at radius 3 is 2.43 bits per heavy atom. The molecular formula is C15H24N2O3S. The fourth-order valence-electron chi connectivity index (χ4n) is 2.80. The van der Waals surface area contributed by atoms with Gasteiger partial charge in [0.15, 0.2) is 0 Å². The Morgan fingerprint density at radius 2 is 1.86 bits per heavy atom. The number of nitrogens with one attached hydrogen (secondary N) is 1. The summed E-state index contributed by atoms with van der Waals surface area (Å²) in [5.41, 5.74) is 0.670. The van der Waals surface area contributed by atoms with Gasteiger partial charge in [0.1, 0.15) is 0 Å². The smallest absolute Gasteiger partial charge is 0.279 e. The minimum absolute atomic E-state index is 0.0396. The van der Waals surface area contributed by atoms with Gasteiger partial charge in [0, 0.05) is 32.2 Å². The maximum absolute atomic E-state index is 12.3. The van der Waals surface area contributed by atoms with Crippen LogP contribution in [-0.4, -0.2) is 38.0 Å². The number of benzene rings is 1. The van der Waals surface area contributed by atoms with Crippen LogP contribution >= 0.6 is 0 Å². The van der Waals surface area contributed by atoms with Crippen molar-refractivity contribution in [2.24, 2.45) is 5.41 Å². The van der Waals surface area contributed by atoms with Crippen molar-refractivity contribution in [3.8, 4) is 0 Å². The van der Waals surface area contributed by atoms with Crippen LogP contribution in [0, 0.1) is 5.41 Å². The van der Waals surface area contributed by atoms with E-state index in [1.54, 1.807) is 7.05 Å². The second-order valence-electron chi connectivity index (χ2n) is 5.93. The van der Waals surface area contributed by atoms with Crippen LogP contribution in [0.15, 0.2) is 30.3 Å². The molecule has 1 aromatic rings. The first-order chi connectivity index (χ1) is 9.97. The van der Waals surface area contributed by atoms with E-state index in [4.69, 9.17) is 0 Å². The van der Waals surface area contributed by atoms with Gasteiger partial charge in [-0.3, -0.25) is 0 Å². The fraction of sp³-hybridized carbons (Fsp3) is 0.600. The number of nitrogens with zero attached hydrogens (tertiary/aromatic N) is 1. The molecule has 1 aliphatic rings. The van der Waals surface area contributed by atoms with Gasteiger partial charge in [-0.25, -0.2) is 4.72 Å². The highest BCUT2D eigenvalue weighted by Crippen LogP contribution is 2.37. The average Bonchev–Trinajstić information content (AvgIpc) is 2.96. The summed E-state index contributed by atoms with van der Waals surface area (Å²) in [7, 11) is -1.96. The molecule has 0 unspecified atom stereocenters. The van der Waals surface area contributed by atoms with Gasteiger partial charge < -0.3 is 5.11 Å². The van der Waals surface area contributed by atoms with Crippen LogP contribution in [0.1, 0.15) is 31.2 Å². The highest BCUT2D eigenvalue weighted by molar-refractivity contribution is 7.87. The van der Waals surface area contributed by atoms with Crippen LogP contribution < -0.4 is 4.72 Å². The molecule has 118 valence electrons. The van der Waals surface area contributed by atoms with E-state index >= 15 is 0 Å². The first kappa shape index (κ1) is 16.4. The van der Waals surface area contributed by atoms with E-state index in [-0.39, 0.29) is 12.0 Å². The van der Waals surface area contributed by atoms with E-state index in [1.165, 1.54) is 4.31 Å². The highest BCUT2D eigenvalue weighted by Gasteiger charge is 2.34. The first-order valence-electron chi connectivity index (χ1n) is 7.33.